The van der Waals surface area contributed by atoms with E-state index in [0.29, 0.717) is 30.8 Å². The Bertz CT molecular complexity index is 1030. The zero-order chi connectivity index (χ0) is 20.1. The van der Waals surface area contributed by atoms with Crippen molar-refractivity contribution in [2.45, 2.75) is 12.6 Å². The largest absolute Gasteiger partial charge is 0.379 e. The highest BCUT2D eigenvalue weighted by Crippen LogP contribution is 2.16. The first-order valence-electron chi connectivity index (χ1n) is 9.80. The van der Waals surface area contributed by atoms with E-state index in [1.807, 2.05) is 48.5 Å². The summed E-state index contributed by atoms with van der Waals surface area (Å²) in [6.07, 6.45) is 1.26. The number of benzene rings is 2. The molecule has 7 heteroatoms. The Labute approximate surface area is 168 Å². The Morgan fingerprint density at radius 2 is 1.79 bits per heavy atom. The molecule has 2 aromatic carbocycles. The highest BCUT2D eigenvalue weighted by molar-refractivity contribution is 5.80. The number of morpholine rings is 1. The van der Waals surface area contributed by atoms with Crippen LogP contribution in [0.3, 0.4) is 0 Å². The number of nitrogens with zero attached hydrogens (tertiary/aromatic N) is 3. The summed E-state index contributed by atoms with van der Waals surface area (Å²) in [5.41, 5.74) is 2.09. The molecule has 1 fully saturated rings. The van der Waals surface area contributed by atoms with Gasteiger partial charge >= 0.3 is 0 Å². The maximum absolute atomic E-state index is 12.9. The summed E-state index contributed by atoms with van der Waals surface area (Å²) < 4.78 is 6.89. The summed E-state index contributed by atoms with van der Waals surface area (Å²) >= 11 is 0. The van der Waals surface area contributed by atoms with Crippen LogP contribution in [0.25, 0.3) is 11.0 Å². The second-order valence-corrected chi connectivity index (χ2v) is 7.12. The normalized spacial score (nSPS) is 15.9. The van der Waals surface area contributed by atoms with Crippen LogP contribution in [-0.4, -0.2) is 53.2 Å². The lowest BCUT2D eigenvalue weighted by Crippen LogP contribution is -2.44. The quantitative estimate of drug-likeness (QED) is 0.689. The van der Waals surface area contributed by atoms with Gasteiger partial charge in [-0.3, -0.25) is 19.1 Å². The molecule has 1 amide bonds. The molecular formula is C22H24N4O3. The first-order chi connectivity index (χ1) is 14.2. The number of amides is 1. The summed E-state index contributed by atoms with van der Waals surface area (Å²) in [7, 11) is 0. The molecule has 2 heterocycles. The minimum absolute atomic E-state index is 0.0473. The van der Waals surface area contributed by atoms with Crippen LogP contribution in [-0.2, 0) is 16.1 Å². The van der Waals surface area contributed by atoms with Crippen LogP contribution in [0.5, 0.6) is 0 Å². The summed E-state index contributed by atoms with van der Waals surface area (Å²) in [6.45, 7) is 3.74. The zero-order valence-electron chi connectivity index (χ0n) is 16.2. The van der Waals surface area contributed by atoms with Crippen molar-refractivity contribution in [2.75, 3.05) is 32.8 Å². The van der Waals surface area contributed by atoms with E-state index in [1.54, 1.807) is 6.07 Å². The number of rotatable bonds is 6. The predicted octanol–water partition coefficient (Wildman–Crippen LogP) is 1.59. The highest BCUT2D eigenvalue weighted by Gasteiger charge is 2.20. The first-order valence-corrected chi connectivity index (χ1v) is 9.80. The third kappa shape index (κ3) is 4.70. The number of fused-ring (bicyclic) bond motifs is 1. The molecule has 3 aromatic rings. The molecule has 1 atom stereocenters. The van der Waals surface area contributed by atoms with E-state index in [1.165, 1.54) is 10.8 Å². The Morgan fingerprint density at radius 1 is 1.07 bits per heavy atom. The lowest BCUT2D eigenvalue weighted by molar-refractivity contribution is -0.122. The molecule has 0 bridgehead atoms. The van der Waals surface area contributed by atoms with Gasteiger partial charge in [0.2, 0.25) is 5.91 Å². The number of nitrogens with one attached hydrogen (secondary N) is 1. The van der Waals surface area contributed by atoms with Crippen molar-refractivity contribution >= 4 is 16.9 Å². The fraction of sp³-hybridized carbons (Fsp3) is 0.318. The van der Waals surface area contributed by atoms with Crippen molar-refractivity contribution in [3.05, 3.63) is 76.7 Å². The molecule has 1 saturated heterocycles. The van der Waals surface area contributed by atoms with E-state index in [-0.39, 0.29) is 24.1 Å². The average molecular weight is 392 g/mol. The van der Waals surface area contributed by atoms with Gasteiger partial charge in [-0.25, -0.2) is 4.98 Å². The SMILES string of the molecule is O=C(Cn1c(=O)cnc2ccccc21)NC(CN1CCOCC1)c1ccccc1. The van der Waals surface area contributed by atoms with Crippen molar-refractivity contribution in [1.29, 1.82) is 0 Å². The maximum atomic E-state index is 12.9. The third-order valence-electron chi connectivity index (χ3n) is 5.14. The van der Waals surface area contributed by atoms with E-state index < -0.39 is 0 Å². The summed E-state index contributed by atoms with van der Waals surface area (Å²) in [5.74, 6) is -0.203. The smallest absolute Gasteiger partial charge is 0.269 e. The van der Waals surface area contributed by atoms with Crippen molar-refractivity contribution in [2.24, 2.45) is 0 Å². The highest BCUT2D eigenvalue weighted by atomic mass is 16.5. The monoisotopic (exact) mass is 392 g/mol. The minimum atomic E-state index is -0.289. The van der Waals surface area contributed by atoms with Gasteiger partial charge < -0.3 is 10.1 Å². The Kier molecular flexibility index (Phi) is 5.97. The van der Waals surface area contributed by atoms with Crippen LogP contribution in [0.2, 0.25) is 0 Å². The lowest BCUT2D eigenvalue weighted by atomic mass is 10.1. The Hall–Kier alpha value is -3.03. The fourth-order valence-electron chi connectivity index (χ4n) is 3.62. The van der Waals surface area contributed by atoms with Crippen LogP contribution < -0.4 is 10.9 Å². The van der Waals surface area contributed by atoms with Gasteiger partial charge in [-0.2, -0.15) is 0 Å². The van der Waals surface area contributed by atoms with Crippen LogP contribution in [0.1, 0.15) is 11.6 Å². The van der Waals surface area contributed by atoms with E-state index in [9.17, 15) is 9.59 Å². The fourth-order valence-corrected chi connectivity index (χ4v) is 3.62. The summed E-state index contributed by atoms with van der Waals surface area (Å²) in [5, 5.41) is 3.12. The minimum Gasteiger partial charge on any atom is -0.379 e. The molecule has 7 nitrogen and oxygen atoms in total. The molecule has 150 valence electrons. The zero-order valence-corrected chi connectivity index (χ0v) is 16.2. The van der Waals surface area contributed by atoms with Gasteiger partial charge in [0.05, 0.1) is 36.5 Å². The van der Waals surface area contributed by atoms with E-state index in [4.69, 9.17) is 4.74 Å². The first kappa shape index (κ1) is 19.3. The van der Waals surface area contributed by atoms with Gasteiger partial charge in [0.15, 0.2) is 0 Å². The van der Waals surface area contributed by atoms with Crippen molar-refractivity contribution in [3.8, 4) is 0 Å². The van der Waals surface area contributed by atoms with Gasteiger partial charge in [0.25, 0.3) is 5.56 Å². The van der Waals surface area contributed by atoms with Crippen molar-refractivity contribution in [3.63, 3.8) is 0 Å². The number of carbonyl (C=O) groups excluding carboxylic acids is 1. The molecule has 1 aliphatic heterocycles. The van der Waals surface area contributed by atoms with Crippen molar-refractivity contribution < 1.29 is 9.53 Å². The molecule has 1 N–H and O–H groups in total. The molecule has 0 spiro atoms. The lowest BCUT2D eigenvalue weighted by Gasteiger charge is -2.31. The van der Waals surface area contributed by atoms with Gasteiger partial charge in [-0.1, -0.05) is 42.5 Å². The number of aromatic nitrogens is 2. The van der Waals surface area contributed by atoms with Gasteiger partial charge in [-0.05, 0) is 17.7 Å². The Balaban J connectivity index is 1.54. The summed E-state index contributed by atoms with van der Waals surface area (Å²) in [4.78, 5) is 31.7. The van der Waals surface area contributed by atoms with Crippen molar-refractivity contribution in [1.82, 2.24) is 19.8 Å². The second-order valence-electron chi connectivity index (χ2n) is 7.12. The number of carbonyl (C=O) groups is 1. The van der Waals surface area contributed by atoms with E-state index in [0.717, 1.165) is 18.7 Å². The van der Waals surface area contributed by atoms with Gasteiger partial charge in [0, 0.05) is 19.6 Å². The summed E-state index contributed by atoms with van der Waals surface area (Å²) in [6, 6.07) is 17.1. The van der Waals surface area contributed by atoms with Crippen LogP contribution in [0.4, 0.5) is 0 Å². The number of hydrogen-bond acceptors (Lipinski definition) is 5. The second kappa shape index (κ2) is 8.98. The van der Waals surface area contributed by atoms with Gasteiger partial charge in [0.1, 0.15) is 6.54 Å². The molecule has 4 rings (SSSR count). The molecular weight excluding hydrogens is 368 g/mol. The van der Waals surface area contributed by atoms with Crippen LogP contribution in [0, 0.1) is 0 Å². The van der Waals surface area contributed by atoms with E-state index in [2.05, 4.69) is 15.2 Å². The maximum Gasteiger partial charge on any atom is 0.269 e. The number of para-hydroxylation sites is 2. The Morgan fingerprint density at radius 3 is 2.59 bits per heavy atom. The number of hydrogen-bond donors (Lipinski definition) is 1. The topological polar surface area (TPSA) is 76.5 Å². The molecule has 29 heavy (non-hydrogen) atoms. The molecule has 1 unspecified atom stereocenters. The van der Waals surface area contributed by atoms with Crippen LogP contribution in [0.15, 0.2) is 65.6 Å². The standard InChI is InChI=1S/C22H24N4O3/c27-21(16-26-20-9-5-4-8-18(20)23-14-22(26)28)24-19(17-6-2-1-3-7-17)15-25-10-12-29-13-11-25/h1-9,14,19H,10-13,15-16H2,(H,24,27). The third-order valence-corrected chi connectivity index (χ3v) is 5.14. The molecule has 1 aliphatic rings. The molecule has 0 saturated carbocycles. The molecule has 0 aliphatic carbocycles. The van der Waals surface area contributed by atoms with E-state index >= 15 is 0 Å². The molecule has 0 radical (unpaired) electrons. The number of ether oxygens (including phenoxy) is 1. The molecule has 1 aromatic heterocycles. The van der Waals surface area contributed by atoms with Crippen LogP contribution >= 0.6 is 0 Å². The average Bonchev–Trinajstić information content (AvgIpc) is 2.77. The predicted molar refractivity (Wildman–Crippen MR) is 111 cm³/mol. The van der Waals surface area contributed by atoms with Gasteiger partial charge in [-0.15, -0.1) is 0 Å².